The van der Waals surface area contributed by atoms with Gasteiger partial charge in [-0.05, 0) is 24.6 Å². The third-order valence-electron chi connectivity index (χ3n) is 2.84. The van der Waals surface area contributed by atoms with E-state index in [-0.39, 0.29) is 17.4 Å². The van der Waals surface area contributed by atoms with E-state index in [1.165, 1.54) is 23.5 Å². The van der Waals surface area contributed by atoms with Crippen LogP contribution in [0.5, 0.6) is 0 Å². The van der Waals surface area contributed by atoms with Gasteiger partial charge < -0.3 is 11.1 Å². The molecule has 108 valence electrons. The van der Waals surface area contributed by atoms with Gasteiger partial charge in [-0.1, -0.05) is 6.92 Å². The minimum Gasteiger partial charge on any atom is -0.399 e. The van der Waals surface area contributed by atoms with E-state index in [2.05, 4.69) is 10.3 Å². The van der Waals surface area contributed by atoms with Crippen LogP contribution >= 0.6 is 11.3 Å². The van der Waals surface area contributed by atoms with Gasteiger partial charge in [0.1, 0.15) is 5.01 Å². The first-order valence-corrected chi connectivity index (χ1v) is 6.92. The van der Waals surface area contributed by atoms with Gasteiger partial charge in [-0.2, -0.15) is 13.2 Å². The molecule has 3 N–H and O–H groups in total. The predicted octanol–water partition coefficient (Wildman–Crippen LogP) is 4.31. The molecule has 0 bridgehead atoms. The maximum Gasteiger partial charge on any atom is 0.418 e. The summed E-state index contributed by atoms with van der Waals surface area (Å²) in [6.07, 6.45) is -2.17. The Balaban J connectivity index is 2.33. The fourth-order valence-corrected chi connectivity index (χ4v) is 2.63. The third kappa shape index (κ3) is 3.22. The van der Waals surface area contributed by atoms with Gasteiger partial charge in [0.15, 0.2) is 0 Å². The molecule has 0 aliphatic carbocycles. The average Bonchev–Trinajstić information content (AvgIpc) is 2.90. The van der Waals surface area contributed by atoms with E-state index in [4.69, 9.17) is 5.73 Å². The number of nitrogens with one attached hydrogen (secondary N) is 1. The molecule has 0 fully saturated rings. The molecular weight excluding hydrogens is 287 g/mol. The molecule has 1 aromatic heterocycles. The van der Waals surface area contributed by atoms with Crippen LogP contribution in [-0.4, -0.2) is 4.98 Å². The number of hydrogen-bond acceptors (Lipinski definition) is 4. The summed E-state index contributed by atoms with van der Waals surface area (Å²) >= 11 is 1.41. The molecule has 2 aromatic rings. The van der Waals surface area contributed by atoms with Gasteiger partial charge in [0, 0.05) is 23.0 Å². The predicted molar refractivity (Wildman–Crippen MR) is 74.6 cm³/mol. The van der Waals surface area contributed by atoms with Crippen LogP contribution in [0.1, 0.15) is 30.0 Å². The van der Waals surface area contributed by atoms with E-state index in [0.717, 1.165) is 11.1 Å². The fraction of sp³-hybridized carbons (Fsp3) is 0.308. The normalized spacial score (nSPS) is 13.2. The number of nitrogen functional groups attached to an aromatic ring is 1. The van der Waals surface area contributed by atoms with Gasteiger partial charge in [0.05, 0.1) is 11.6 Å². The van der Waals surface area contributed by atoms with E-state index >= 15 is 0 Å². The first-order chi connectivity index (χ1) is 9.41. The largest absolute Gasteiger partial charge is 0.418 e. The van der Waals surface area contributed by atoms with Gasteiger partial charge in [-0.3, -0.25) is 0 Å². The highest BCUT2D eigenvalue weighted by Gasteiger charge is 2.34. The number of aromatic nitrogens is 1. The van der Waals surface area contributed by atoms with E-state index in [0.29, 0.717) is 6.42 Å². The second kappa shape index (κ2) is 5.70. The second-order valence-electron chi connectivity index (χ2n) is 4.28. The highest BCUT2D eigenvalue weighted by molar-refractivity contribution is 7.09. The number of alkyl halides is 3. The molecule has 1 aromatic carbocycles. The maximum absolute atomic E-state index is 13.0. The molecule has 0 saturated heterocycles. The quantitative estimate of drug-likeness (QED) is 0.827. The number of benzene rings is 1. The van der Waals surface area contributed by atoms with Gasteiger partial charge in [-0.25, -0.2) is 4.98 Å². The molecule has 7 heteroatoms. The van der Waals surface area contributed by atoms with Crippen LogP contribution < -0.4 is 11.1 Å². The van der Waals surface area contributed by atoms with E-state index in [1.54, 1.807) is 11.6 Å². The van der Waals surface area contributed by atoms with E-state index in [1.807, 2.05) is 6.92 Å². The summed E-state index contributed by atoms with van der Waals surface area (Å²) in [4.78, 5) is 4.14. The van der Waals surface area contributed by atoms with Crippen LogP contribution in [0.3, 0.4) is 0 Å². The van der Waals surface area contributed by atoms with Crippen LogP contribution in [0.2, 0.25) is 0 Å². The number of thiazole rings is 1. The Morgan fingerprint density at radius 2 is 2.15 bits per heavy atom. The molecule has 0 aliphatic heterocycles. The average molecular weight is 301 g/mol. The van der Waals surface area contributed by atoms with Crippen LogP contribution in [0.4, 0.5) is 24.5 Å². The Bertz CT molecular complexity index is 567. The molecule has 0 saturated carbocycles. The number of anilines is 2. The van der Waals surface area contributed by atoms with E-state index < -0.39 is 11.7 Å². The Morgan fingerprint density at radius 1 is 1.40 bits per heavy atom. The van der Waals surface area contributed by atoms with Crippen molar-refractivity contribution in [3.05, 3.63) is 40.3 Å². The zero-order valence-electron chi connectivity index (χ0n) is 10.7. The Hall–Kier alpha value is -1.76. The number of nitrogens with two attached hydrogens (primary N) is 1. The van der Waals surface area contributed by atoms with Crippen LogP contribution in [0.15, 0.2) is 29.8 Å². The minimum atomic E-state index is -4.45. The number of nitrogens with zero attached hydrogens (tertiary/aromatic N) is 1. The summed E-state index contributed by atoms with van der Waals surface area (Å²) < 4.78 is 39.0. The lowest BCUT2D eigenvalue weighted by atomic mass is 10.1. The van der Waals surface area contributed by atoms with Crippen molar-refractivity contribution >= 4 is 22.7 Å². The van der Waals surface area contributed by atoms with Crippen LogP contribution in [0.25, 0.3) is 0 Å². The first-order valence-electron chi connectivity index (χ1n) is 6.04. The van der Waals surface area contributed by atoms with Crippen molar-refractivity contribution in [1.82, 2.24) is 4.98 Å². The summed E-state index contributed by atoms with van der Waals surface area (Å²) in [5.41, 5.74) is 4.80. The molecule has 0 amide bonds. The molecule has 0 spiro atoms. The van der Waals surface area contributed by atoms with Gasteiger partial charge >= 0.3 is 6.18 Å². The Morgan fingerprint density at radius 3 is 2.70 bits per heavy atom. The summed E-state index contributed by atoms with van der Waals surface area (Å²) in [6.45, 7) is 1.89. The lowest BCUT2D eigenvalue weighted by Crippen LogP contribution is -2.15. The third-order valence-corrected chi connectivity index (χ3v) is 3.73. The highest BCUT2D eigenvalue weighted by atomic mass is 32.1. The fourth-order valence-electron chi connectivity index (χ4n) is 1.85. The highest BCUT2D eigenvalue weighted by Crippen LogP contribution is 2.37. The van der Waals surface area contributed by atoms with Gasteiger partial charge in [0.25, 0.3) is 0 Å². The smallest absolute Gasteiger partial charge is 0.399 e. The molecular formula is C13H14F3N3S. The lowest BCUT2D eigenvalue weighted by molar-refractivity contribution is -0.136. The van der Waals surface area contributed by atoms with E-state index in [9.17, 15) is 13.2 Å². The second-order valence-corrected chi connectivity index (χ2v) is 5.20. The topological polar surface area (TPSA) is 50.9 Å². The molecule has 1 unspecified atom stereocenters. The lowest BCUT2D eigenvalue weighted by Gasteiger charge is -2.20. The van der Waals surface area contributed by atoms with Crippen molar-refractivity contribution in [1.29, 1.82) is 0 Å². The van der Waals surface area contributed by atoms with Crippen molar-refractivity contribution in [2.75, 3.05) is 11.1 Å². The SMILES string of the molecule is CCC(Nc1ccc(N)cc1C(F)(F)F)c1nccs1. The molecule has 0 aliphatic rings. The summed E-state index contributed by atoms with van der Waals surface area (Å²) in [7, 11) is 0. The molecule has 1 heterocycles. The van der Waals surface area contributed by atoms with Gasteiger partial charge in [-0.15, -0.1) is 11.3 Å². The van der Waals surface area contributed by atoms with Gasteiger partial charge in [0.2, 0.25) is 0 Å². The minimum absolute atomic E-state index is 0.0220. The van der Waals surface area contributed by atoms with Crippen molar-refractivity contribution in [3.8, 4) is 0 Å². The maximum atomic E-state index is 13.0. The van der Waals surface area contributed by atoms with Crippen molar-refractivity contribution in [2.45, 2.75) is 25.6 Å². The number of rotatable bonds is 4. The zero-order chi connectivity index (χ0) is 14.8. The molecule has 1 atom stereocenters. The number of halogens is 3. The van der Waals surface area contributed by atoms with Crippen molar-refractivity contribution in [3.63, 3.8) is 0 Å². The number of hydrogen-bond donors (Lipinski definition) is 2. The first kappa shape index (κ1) is 14.6. The molecule has 20 heavy (non-hydrogen) atoms. The zero-order valence-corrected chi connectivity index (χ0v) is 11.6. The van der Waals surface area contributed by atoms with Crippen LogP contribution in [0, 0.1) is 0 Å². The molecule has 2 rings (SSSR count). The van der Waals surface area contributed by atoms with Crippen molar-refractivity contribution < 1.29 is 13.2 Å². The van der Waals surface area contributed by atoms with Crippen molar-refractivity contribution in [2.24, 2.45) is 0 Å². The van der Waals surface area contributed by atoms with Crippen LogP contribution in [-0.2, 0) is 6.18 Å². The molecule has 3 nitrogen and oxygen atoms in total. The summed E-state index contributed by atoms with van der Waals surface area (Å²) in [5.74, 6) is 0. The summed E-state index contributed by atoms with van der Waals surface area (Å²) in [6, 6.07) is 3.50. The Kier molecular flexibility index (Phi) is 4.17. The standard InChI is InChI=1S/C13H14F3N3S/c1-2-10(12-18-5-6-20-12)19-11-4-3-8(17)7-9(11)13(14,15)16/h3-7,10,19H,2,17H2,1H3. The molecule has 0 radical (unpaired) electrons. The monoisotopic (exact) mass is 301 g/mol. The Labute approximate surface area is 118 Å². The summed E-state index contributed by atoms with van der Waals surface area (Å²) in [5, 5.41) is 5.47.